The number of anilines is 1. The predicted octanol–water partition coefficient (Wildman–Crippen LogP) is 5.62. The van der Waals surface area contributed by atoms with Crippen LogP contribution >= 0.6 is 0 Å². The van der Waals surface area contributed by atoms with Crippen LogP contribution in [-0.4, -0.2) is 34.0 Å². The largest absolute Gasteiger partial charge is 0.457 e. The Morgan fingerprint density at radius 3 is 2.27 bits per heavy atom. The van der Waals surface area contributed by atoms with E-state index in [0.717, 1.165) is 16.6 Å². The summed E-state index contributed by atoms with van der Waals surface area (Å²) in [6.45, 7) is 2.11. The van der Waals surface area contributed by atoms with Crippen molar-refractivity contribution in [1.82, 2.24) is 14.9 Å². The van der Waals surface area contributed by atoms with Gasteiger partial charge in [0.1, 0.15) is 35.7 Å². The molecule has 1 aromatic heterocycles. The van der Waals surface area contributed by atoms with Gasteiger partial charge in [-0.15, -0.1) is 0 Å². The minimum atomic E-state index is -0.948. The third-order valence-electron chi connectivity index (χ3n) is 6.37. The van der Waals surface area contributed by atoms with Gasteiger partial charge in [-0.25, -0.2) is 9.37 Å². The van der Waals surface area contributed by atoms with Crippen molar-refractivity contribution < 1.29 is 23.5 Å². The zero-order chi connectivity index (χ0) is 28.6. The molecule has 4 aromatic carbocycles. The van der Waals surface area contributed by atoms with Crippen molar-refractivity contribution in [1.29, 1.82) is 0 Å². The molecule has 0 radical (unpaired) electrons. The quantitative estimate of drug-likeness (QED) is 0.222. The average Bonchev–Trinajstić information content (AvgIpc) is 3.29. The molecule has 0 aliphatic carbocycles. The zero-order valence-corrected chi connectivity index (χ0v) is 22.4. The van der Waals surface area contributed by atoms with Crippen LogP contribution in [-0.2, 0) is 27.5 Å². The monoisotopic (exact) mass is 552 g/mol. The first-order valence-electron chi connectivity index (χ1n) is 13.1. The highest BCUT2D eigenvalue weighted by atomic mass is 19.1. The number of para-hydroxylation sites is 2. The molecule has 1 heterocycles. The van der Waals surface area contributed by atoms with E-state index in [0.29, 0.717) is 29.6 Å². The number of nitrogens with zero attached hydrogens (tertiary/aromatic N) is 2. The number of aryl methyl sites for hydroxylation is 1. The summed E-state index contributed by atoms with van der Waals surface area (Å²) in [4.78, 5) is 30.9. The number of imidazole rings is 1. The summed E-state index contributed by atoms with van der Waals surface area (Å²) in [5.41, 5.74) is 3.10. The van der Waals surface area contributed by atoms with Crippen LogP contribution in [0.3, 0.4) is 0 Å². The van der Waals surface area contributed by atoms with E-state index in [2.05, 4.69) is 15.6 Å². The van der Waals surface area contributed by atoms with Crippen LogP contribution in [0.1, 0.15) is 11.4 Å². The number of fused-ring (bicyclic) bond motifs is 1. The standard InChI is InChI=1S/C32H29FN4O4/c1-22-34-28-9-5-6-10-30(28)37(22)19-31(38)36-29(21-40-20-23-7-3-2-4-8-23)32(39)35-25-13-17-27(18-14-25)41-26-15-11-24(33)12-16-26/h2-18,29H,19-21H2,1H3,(H,35,39)(H,36,38). The van der Waals surface area contributed by atoms with Gasteiger partial charge in [0, 0.05) is 5.69 Å². The summed E-state index contributed by atoms with van der Waals surface area (Å²) >= 11 is 0. The molecule has 0 spiro atoms. The second kappa shape index (κ2) is 12.9. The lowest BCUT2D eigenvalue weighted by Crippen LogP contribution is -2.47. The maximum Gasteiger partial charge on any atom is 0.249 e. The van der Waals surface area contributed by atoms with E-state index >= 15 is 0 Å². The van der Waals surface area contributed by atoms with Crippen molar-refractivity contribution in [3.8, 4) is 11.5 Å². The summed E-state index contributed by atoms with van der Waals surface area (Å²) in [5.74, 6) is 0.591. The number of amides is 2. The maximum atomic E-state index is 13.3. The first-order valence-corrected chi connectivity index (χ1v) is 13.1. The van der Waals surface area contributed by atoms with Crippen LogP contribution in [0.4, 0.5) is 10.1 Å². The van der Waals surface area contributed by atoms with E-state index in [9.17, 15) is 14.0 Å². The van der Waals surface area contributed by atoms with Crippen LogP contribution in [0, 0.1) is 12.7 Å². The molecule has 9 heteroatoms. The number of halogens is 1. The normalized spacial score (nSPS) is 11.7. The number of ether oxygens (including phenoxy) is 2. The fourth-order valence-electron chi connectivity index (χ4n) is 4.31. The molecule has 5 rings (SSSR count). The maximum absolute atomic E-state index is 13.3. The molecule has 0 bridgehead atoms. The number of rotatable bonds is 11. The van der Waals surface area contributed by atoms with E-state index in [-0.39, 0.29) is 24.9 Å². The van der Waals surface area contributed by atoms with Crippen molar-refractivity contribution >= 4 is 28.5 Å². The van der Waals surface area contributed by atoms with Gasteiger partial charge in [-0.3, -0.25) is 9.59 Å². The third kappa shape index (κ3) is 7.34. The molecule has 5 aromatic rings. The molecule has 208 valence electrons. The molecule has 2 N–H and O–H groups in total. The summed E-state index contributed by atoms with van der Waals surface area (Å²) in [6.07, 6.45) is 0. The molecule has 0 fully saturated rings. The van der Waals surface area contributed by atoms with E-state index in [1.165, 1.54) is 24.3 Å². The van der Waals surface area contributed by atoms with E-state index < -0.39 is 11.9 Å². The van der Waals surface area contributed by atoms with Gasteiger partial charge in [0.25, 0.3) is 0 Å². The van der Waals surface area contributed by atoms with Crippen molar-refractivity contribution in [2.24, 2.45) is 0 Å². The summed E-state index contributed by atoms with van der Waals surface area (Å²) in [7, 11) is 0. The van der Waals surface area contributed by atoms with Crippen LogP contribution in [0.15, 0.2) is 103 Å². The molecule has 0 aliphatic heterocycles. The Bertz CT molecular complexity index is 1620. The molecule has 0 saturated heterocycles. The van der Waals surface area contributed by atoms with Gasteiger partial charge in [0.15, 0.2) is 0 Å². The van der Waals surface area contributed by atoms with Crippen LogP contribution in [0.5, 0.6) is 11.5 Å². The van der Waals surface area contributed by atoms with E-state index in [1.54, 1.807) is 24.3 Å². The Morgan fingerprint density at radius 2 is 1.54 bits per heavy atom. The Labute approximate surface area is 236 Å². The molecule has 1 unspecified atom stereocenters. The van der Waals surface area contributed by atoms with Crippen molar-refractivity contribution in [3.05, 3.63) is 120 Å². The Balaban J connectivity index is 1.25. The highest BCUT2D eigenvalue weighted by Gasteiger charge is 2.22. The highest BCUT2D eigenvalue weighted by molar-refractivity contribution is 5.97. The minimum Gasteiger partial charge on any atom is -0.457 e. The van der Waals surface area contributed by atoms with Crippen LogP contribution in [0.2, 0.25) is 0 Å². The van der Waals surface area contributed by atoms with Gasteiger partial charge in [-0.1, -0.05) is 42.5 Å². The van der Waals surface area contributed by atoms with E-state index in [1.807, 2.05) is 66.1 Å². The van der Waals surface area contributed by atoms with E-state index in [4.69, 9.17) is 9.47 Å². The SMILES string of the molecule is Cc1nc2ccccc2n1CC(=O)NC(COCc1ccccc1)C(=O)Nc1ccc(Oc2ccc(F)cc2)cc1. The minimum absolute atomic E-state index is 0.00420. The van der Waals surface area contributed by atoms with Gasteiger partial charge < -0.3 is 24.7 Å². The van der Waals surface area contributed by atoms with Crippen molar-refractivity contribution in [2.75, 3.05) is 11.9 Å². The Morgan fingerprint density at radius 1 is 0.878 bits per heavy atom. The van der Waals surface area contributed by atoms with Crippen LogP contribution in [0.25, 0.3) is 11.0 Å². The number of hydrogen-bond acceptors (Lipinski definition) is 5. The highest BCUT2D eigenvalue weighted by Crippen LogP contribution is 2.23. The summed E-state index contributed by atoms with van der Waals surface area (Å²) in [5, 5.41) is 5.66. The lowest BCUT2D eigenvalue weighted by Gasteiger charge is -2.19. The lowest BCUT2D eigenvalue weighted by molar-refractivity contribution is -0.128. The number of hydrogen-bond donors (Lipinski definition) is 2. The molecular formula is C32H29FN4O4. The predicted molar refractivity (Wildman–Crippen MR) is 154 cm³/mol. The average molecular weight is 553 g/mol. The molecule has 1 atom stereocenters. The zero-order valence-electron chi connectivity index (χ0n) is 22.4. The molecule has 41 heavy (non-hydrogen) atoms. The number of benzene rings is 4. The summed E-state index contributed by atoms with van der Waals surface area (Å²) < 4.78 is 26.5. The fraction of sp³-hybridized carbons (Fsp3) is 0.156. The number of nitrogens with one attached hydrogen (secondary N) is 2. The van der Waals surface area contributed by atoms with Gasteiger partial charge in [-0.2, -0.15) is 0 Å². The Hall–Kier alpha value is -5.02. The van der Waals surface area contributed by atoms with Gasteiger partial charge in [0.2, 0.25) is 11.8 Å². The summed E-state index contributed by atoms with van der Waals surface area (Å²) in [6, 6.07) is 28.6. The van der Waals surface area contributed by atoms with Gasteiger partial charge >= 0.3 is 0 Å². The number of carbonyl (C=O) groups excluding carboxylic acids is 2. The Kier molecular flexibility index (Phi) is 8.66. The first-order chi connectivity index (χ1) is 19.9. The molecular weight excluding hydrogens is 523 g/mol. The third-order valence-corrected chi connectivity index (χ3v) is 6.37. The van der Waals surface area contributed by atoms with Crippen molar-refractivity contribution in [3.63, 3.8) is 0 Å². The van der Waals surface area contributed by atoms with Crippen LogP contribution < -0.4 is 15.4 Å². The smallest absolute Gasteiger partial charge is 0.249 e. The second-order valence-electron chi connectivity index (χ2n) is 9.42. The fourth-order valence-corrected chi connectivity index (χ4v) is 4.31. The van der Waals surface area contributed by atoms with Crippen molar-refractivity contribution in [2.45, 2.75) is 26.1 Å². The topological polar surface area (TPSA) is 94.5 Å². The molecule has 8 nitrogen and oxygen atoms in total. The molecule has 0 saturated carbocycles. The van der Waals surface area contributed by atoms with Gasteiger partial charge in [-0.05, 0) is 73.2 Å². The lowest BCUT2D eigenvalue weighted by atomic mass is 10.2. The number of aromatic nitrogens is 2. The second-order valence-corrected chi connectivity index (χ2v) is 9.42. The van der Waals surface area contributed by atoms with Gasteiger partial charge in [0.05, 0.1) is 24.2 Å². The molecule has 2 amide bonds. The molecule has 0 aliphatic rings. The number of carbonyl (C=O) groups is 2. The first kappa shape index (κ1) is 27.5.